The zero-order chi connectivity index (χ0) is 12.6. The molecule has 1 saturated heterocycles. The monoisotopic (exact) mass is 311 g/mol. The topological polar surface area (TPSA) is 76.3 Å². The van der Waals surface area contributed by atoms with Gasteiger partial charge in [-0.05, 0) is 26.7 Å². The molecule has 0 radical (unpaired) electrons. The molecule has 1 aliphatic rings. The molecule has 1 aromatic rings. The minimum absolute atomic E-state index is 0. The number of rotatable bonds is 3. The van der Waals surface area contributed by atoms with Crippen molar-refractivity contribution in [2.45, 2.75) is 36.9 Å². The van der Waals surface area contributed by atoms with Crippen LogP contribution in [0.5, 0.6) is 0 Å². The fourth-order valence-electron chi connectivity index (χ4n) is 2.22. The SMILES string of the molecule is Cc1nc(C)c(S(=O)(=O)N2CCCC2CN)s1.Cl. The number of halogens is 1. The van der Waals surface area contributed by atoms with Gasteiger partial charge in [-0.2, -0.15) is 4.31 Å². The van der Waals surface area contributed by atoms with Crippen molar-refractivity contribution in [3.63, 3.8) is 0 Å². The third-order valence-electron chi connectivity index (χ3n) is 3.00. The van der Waals surface area contributed by atoms with Gasteiger partial charge in [-0.3, -0.25) is 0 Å². The number of thiazole rings is 1. The number of sulfonamides is 1. The van der Waals surface area contributed by atoms with Gasteiger partial charge in [0, 0.05) is 19.1 Å². The summed E-state index contributed by atoms with van der Waals surface area (Å²) in [5, 5.41) is 0.782. The van der Waals surface area contributed by atoms with E-state index in [1.54, 1.807) is 6.92 Å². The Kier molecular flexibility index (Phi) is 5.13. The molecule has 1 unspecified atom stereocenters. The Morgan fingerprint density at radius 2 is 2.17 bits per heavy atom. The van der Waals surface area contributed by atoms with Gasteiger partial charge in [0.25, 0.3) is 10.0 Å². The molecular weight excluding hydrogens is 294 g/mol. The maximum Gasteiger partial charge on any atom is 0.254 e. The van der Waals surface area contributed by atoms with Crippen molar-refractivity contribution < 1.29 is 8.42 Å². The fourth-order valence-corrected chi connectivity index (χ4v) is 5.52. The molecule has 1 aliphatic heterocycles. The number of nitrogens with zero attached hydrogens (tertiary/aromatic N) is 2. The molecule has 1 fully saturated rings. The van der Waals surface area contributed by atoms with Gasteiger partial charge in [-0.1, -0.05) is 0 Å². The molecule has 0 spiro atoms. The van der Waals surface area contributed by atoms with Crippen molar-refractivity contribution in [2.75, 3.05) is 13.1 Å². The van der Waals surface area contributed by atoms with Crippen LogP contribution >= 0.6 is 23.7 Å². The van der Waals surface area contributed by atoms with Crippen LogP contribution in [0.15, 0.2) is 4.21 Å². The smallest absolute Gasteiger partial charge is 0.254 e. The first-order chi connectivity index (χ1) is 7.96. The lowest BCUT2D eigenvalue weighted by Crippen LogP contribution is -2.39. The average Bonchev–Trinajstić information content (AvgIpc) is 2.84. The summed E-state index contributed by atoms with van der Waals surface area (Å²) >= 11 is 1.24. The van der Waals surface area contributed by atoms with E-state index < -0.39 is 10.0 Å². The Bertz CT molecular complexity index is 515. The van der Waals surface area contributed by atoms with Gasteiger partial charge in [-0.15, -0.1) is 23.7 Å². The van der Waals surface area contributed by atoms with E-state index in [1.807, 2.05) is 6.92 Å². The number of aromatic nitrogens is 1. The number of hydrogen-bond donors (Lipinski definition) is 1. The predicted octanol–water partition coefficient (Wildman–Crippen LogP) is 1.29. The predicted molar refractivity (Wildman–Crippen MR) is 74.8 cm³/mol. The van der Waals surface area contributed by atoms with Gasteiger partial charge in [0.15, 0.2) is 4.21 Å². The first kappa shape index (κ1) is 15.8. The third kappa shape index (κ3) is 2.70. The second kappa shape index (κ2) is 5.83. The highest BCUT2D eigenvalue weighted by Gasteiger charge is 2.36. The molecule has 5 nitrogen and oxygen atoms in total. The van der Waals surface area contributed by atoms with Gasteiger partial charge in [0.1, 0.15) is 0 Å². The van der Waals surface area contributed by atoms with Crippen molar-refractivity contribution in [3.05, 3.63) is 10.7 Å². The van der Waals surface area contributed by atoms with E-state index >= 15 is 0 Å². The van der Waals surface area contributed by atoms with Crippen LogP contribution in [0.25, 0.3) is 0 Å². The molecule has 104 valence electrons. The zero-order valence-electron chi connectivity index (χ0n) is 10.4. The summed E-state index contributed by atoms with van der Waals surface area (Å²) < 4.78 is 26.9. The lowest BCUT2D eigenvalue weighted by Gasteiger charge is -2.22. The van der Waals surface area contributed by atoms with Crippen molar-refractivity contribution in [1.29, 1.82) is 0 Å². The summed E-state index contributed by atoms with van der Waals surface area (Å²) in [5.41, 5.74) is 6.22. The van der Waals surface area contributed by atoms with Crippen LogP contribution in [-0.4, -0.2) is 36.8 Å². The van der Waals surface area contributed by atoms with Gasteiger partial charge in [-0.25, -0.2) is 13.4 Å². The molecule has 2 rings (SSSR count). The molecule has 1 aromatic heterocycles. The summed E-state index contributed by atoms with van der Waals surface area (Å²) in [4.78, 5) is 4.18. The largest absolute Gasteiger partial charge is 0.329 e. The Morgan fingerprint density at radius 3 is 2.67 bits per heavy atom. The lowest BCUT2D eigenvalue weighted by atomic mass is 10.2. The molecule has 0 aromatic carbocycles. The third-order valence-corrected chi connectivity index (χ3v) is 6.61. The van der Waals surface area contributed by atoms with Gasteiger partial charge in [0.2, 0.25) is 0 Å². The number of nitrogens with two attached hydrogens (primary N) is 1. The molecule has 0 saturated carbocycles. The van der Waals surface area contributed by atoms with Crippen LogP contribution in [0.4, 0.5) is 0 Å². The second-order valence-corrected chi connectivity index (χ2v) is 7.54. The van der Waals surface area contributed by atoms with Crippen molar-refractivity contribution in [2.24, 2.45) is 5.73 Å². The standard InChI is InChI=1S/C10H17N3O2S2.ClH/c1-7-10(16-8(2)12-7)17(14,15)13-5-3-4-9(13)6-11;/h9H,3-6,11H2,1-2H3;1H. The Labute approximate surface area is 118 Å². The van der Waals surface area contributed by atoms with Crippen molar-refractivity contribution in [1.82, 2.24) is 9.29 Å². The molecular formula is C10H18ClN3O2S2. The van der Waals surface area contributed by atoms with Crippen LogP contribution in [-0.2, 0) is 10.0 Å². The van der Waals surface area contributed by atoms with Gasteiger partial charge in [0.05, 0.1) is 10.7 Å². The average molecular weight is 312 g/mol. The lowest BCUT2D eigenvalue weighted by molar-refractivity contribution is 0.394. The Hall–Kier alpha value is -0.210. The maximum atomic E-state index is 12.5. The molecule has 18 heavy (non-hydrogen) atoms. The molecule has 2 N–H and O–H groups in total. The Morgan fingerprint density at radius 1 is 1.50 bits per heavy atom. The summed E-state index contributed by atoms with van der Waals surface area (Å²) in [5.74, 6) is 0. The Balaban J connectivity index is 0.00000162. The minimum atomic E-state index is -3.40. The van der Waals surface area contributed by atoms with E-state index in [2.05, 4.69) is 4.98 Å². The van der Waals surface area contributed by atoms with Crippen LogP contribution in [0.2, 0.25) is 0 Å². The van der Waals surface area contributed by atoms with Gasteiger partial charge >= 0.3 is 0 Å². The molecule has 1 atom stereocenters. The maximum absolute atomic E-state index is 12.5. The van der Waals surface area contributed by atoms with Gasteiger partial charge < -0.3 is 5.73 Å². The van der Waals surface area contributed by atoms with Crippen LogP contribution < -0.4 is 5.73 Å². The zero-order valence-corrected chi connectivity index (χ0v) is 12.9. The number of hydrogen-bond acceptors (Lipinski definition) is 5. The highest BCUT2D eigenvalue weighted by Crippen LogP contribution is 2.30. The van der Waals surface area contributed by atoms with Crippen LogP contribution in [0.1, 0.15) is 23.5 Å². The first-order valence-corrected chi connectivity index (χ1v) is 7.88. The number of aryl methyl sites for hydroxylation is 2. The van der Waals surface area contributed by atoms with Crippen molar-refractivity contribution in [3.8, 4) is 0 Å². The molecule has 0 aliphatic carbocycles. The van der Waals surface area contributed by atoms with Crippen LogP contribution in [0.3, 0.4) is 0 Å². The highest BCUT2D eigenvalue weighted by atomic mass is 35.5. The summed E-state index contributed by atoms with van der Waals surface area (Å²) in [6.45, 7) is 4.52. The molecule has 2 heterocycles. The first-order valence-electron chi connectivity index (χ1n) is 5.62. The summed E-state index contributed by atoms with van der Waals surface area (Å²) in [6, 6.07) is -0.0539. The summed E-state index contributed by atoms with van der Waals surface area (Å²) in [7, 11) is -3.40. The van der Waals surface area contributed by atoms with Crippen molar-refractivity contribution >= 4 is 33.8 Å². The second-order valence-electron chi connectivity index (χ2n) is 4.25. The fraction of sp³-hybridized carbons (Fsp3) is 0.700. The van der Waals surface area contributed by atoms with Crippen LogP contribution in [0, 0.1) is 13.8 Å². The molecule has 0 bridgehead atoms. The highest BCUT2D eigenvalue weighted by molar-refractivity contribution is 7.91. The van der Waals surface area contributed by atoms with E-state index in [0.29, 0.717) is 23.0 Å². The van der Waals surface area contributed by atoms with E-state index in [9.17, 15) is 8.42 Å². The van der Waals surface area contributed by atoms with E-state index in [1.165, 1.54) is 15.6 Å². The quantitative estimate of drug-likeness (QED) is 0.912. The molecule has 8 heteroatoms. The molecule has 0 amide bonds. The minimum Gasteiger partial charge on any atom is -0.329 e. The van der Waals surface area contributed by atoms with E-state index in [4.69, 9.17) is 5.73 Å². The summed E-state index contributed by atoms with van der Waals surface area (Å²) in [6.07, 6.45) is 1.74. The normalized spacial score (nSPS) is 20.9. The van der Waals surface area contributed by atoms with E-state index in [0.717, 1.165) is 17.8 Å². The van der Waals surface area contributed by atoms with E-state index in [-0.39, 0.29) is 18.4 Å².